The van der Waals surface area contributed by atoms with E-state index in [1.807, 2.05) is 0 Å². The Hall–Kier alpha value is 1.68. The molecule has 0 aromatic heterocycles. The summed E-state index contributed by atoms with van der Waals surface area (Å²) in [6.45, 7) is 2.42. The van der Waals surface area contributed by atoms with Gasteiger partial charge >= 0.3 is 56.7 Å². The SMILES string of the molecule is CCCCCCCCCCCCCCCCOP(=O)(O)O.[Ba+2].[H-].[H-]. The average molecular weight is 462 g/mol. The van der Waals surface area contributed by atoms with Gasteiger partial charge in [0.1, 0.15) is 0 Å². The minimum Gasteiger partial charge on any atom is -1.00 e. The van der Waals surface area contributed by atoms with E-state index in [0.29, 0.717) is 0 Å². The zero-order valence-electron chi connectivity index (χ0n) is 16.5. The Labute approximate surface area is 180 Å². The van der Waals surface area contributed by atoms with Crippen LogP contribution >= 0.6 is 7.82 Å². The third kappa shape index (κ3) is 23.9. The molecular formula is C16H37BaO4P. The van der Waals surface area contributed by atoms with Crippen molar-refractivity contribution >= 4 is 56.7 Å². The fourth-order valence-corrected chi connectivity index (χ4v) is 2.85. The van der Waals surface area contributed by atoms with Crippen LogP contribution in [0.5, 0.6) is 0 Å². The molecule has 6 heteroatoms. The molecule has 0 amide bonds. The third-order valence-corrected chi connectivity index (χ3v) is 4.28. The van der Waals surface area contributed by atoms with E-state index in [0.717, 1.165) is 19.3 Å². The standard InChI is InChI=1S/C16H35O4P.Ba.2H/c1-2-3-4-5-6-7-8-9-10-11-12-13-14-15-16-20-21(17,18)19;;;/h2-16H2,1H3,(H2,17,18,19);;;/q;+2;2*-1. The van der Waals surface area contributed by atoms with E-state index in [9.17, 15) is 4.57 Å². The normalized spacial score (nSPS) is 11.4. The predicted octanol–water partition coefficient (Wildman–Crippen LogP) is 5.42. The summed E-state index contributed by atoms with van der Waals surface area (Å²) in [6.07, 6.45) is 17.8. The van der Waals surface area contributed by atoms with Gasteiger partial charge in [-0.05, 0) is 6.42 Å². The Morgan fingerprint density at radius 2 is 1.05 bits per heavy atom. The number of unbranched alkanes of at least 4 members (excludes halogenated alkanes) is 13. The predicted molar refractivity (Wildman–Crippen MR) is 96.3 cm³/mol. The zero-order valence-corrected chi connectivity index (χ0v) is 19.8. The van der Waals surface area contributed by atoms with Crippen LogP contribution in [-0.2, 0) is 9.09 Å². The minimum absolute atomic E-state index is 0. The van der Waals surface area contributed by atoms with Crippen LogP contribution in [0, 0.1) is 0 Å². The molecule has 0 aliphatic rings. The van der Waals surface area contributed by atoms with Gasteiger partial charge < -0.3 is 12.6 Å². The van der Waals surface area contributed by atoms with Gasteiger partial charge in [-0.25, -0.2) is 4.57 Å². The smallest absolute Gasteiger partial charge is 1.00 e. The first-order valence-corrected chi connectivity index (χ1v) is 10.3. The number of hydrogen-bond acceptors (Lipinski definition) is 2. The molecule has 0 aromatic rings. The molecule has 0 radical (unpaired) electrons. The fourth-order valence-electron chi connectivity index (χ4n) is 2.48. The Kier molecular flexibility index (Phi) is 22.4. The molecule has 0 saturated carbocycles. The van der Waals surface area contributed by atoms with Crippen molar-refractivity contribution in [2.75, 3.05) is 6.61 Å². The van der Waals surface area contributed by atoms with E-state index in [4.69, 9.17) is 9.79 Å². The van der Waals surface area contributed by atoms with Gasteiger partial charge in [0.15, 0.2) is 0 Å². The maximum absolute atomic E-state index is 10.4. The number of phosphoric ester groups is 1. The second-order valence-electron chi connectivity index (χ2n) is 5.92. The van der Waals surface area contributed by atoms with E-state index in [2.05, 4.69) is 11.4 Å². The van der Waals surface area contributed by atoms with Gasteiger partial charge in [0.05, 0.1) is 6.61 Å². The first kappa shape index (κ1) is 25.9. The first-order valence-electron chi connectivity index (χ1n) is 8.76. The molecule has 0 spiro atoms. The Morgan fingerprint density at radius 3 is 1.36 bits per heavy atom. The minimum atomic E-state index is -4.25. The molecule has 4 nitrogen and oxygen atoms in total. The van der Waals surface area contributed by atoms with Crippen LogP contribution in [0.1, 0.15) is 99.7 Å². The molecule has 0 aromatic carbocycles. The maximum atomic E-state index is 10.4. The maximum Gasteiger partial charge on any atom is 2.00 e. The Balaban J connectivity index is -0.000000667. The summed E-state index contributed by atoms with van der Waals surface area (Å²) in [5, 5.41) is 0. The molecule has 0 aliphatic carbocycles. The zero-order chi connectivity index (χ0) is 15.8. The summed E-state index contributed by atoms with van der Waals surface area (Å²) < 4.78 is 14.8. The van der Waals surface area contributed by atoms with Crippen molar-refractivity contribution < 1.29 is 21.7 Å². The van der Waals surface area contributed by atoms with Crippen molar-refractivity contribution in [3.05, 3.63) is 0 Å². The van der Waals surface area contributed by atoms with E-state index in [1.165, 1.54) is 70.6 Å². The van der Waals surface area contributed by atoms with Crippen molar-refractivity contribution in [2.24, 2.45) is 0 Å². The summed E-state index contributed by atoms with van der Waals surface area (Å²) in [7, 11) is -4.25. The molecule has 0 rings (SSSR count). The molecule has 0 heterocycles. The van der Waals surface area contributed by atoms with E-state index in [1.54, 1.807) is 0 Å². The van der Waals surface area contributed by atoms with Gasteiger partial charge in [-0.2, -0.15) is 0 Å². The topological polar surface area (TPSA) is 66.8 Å². The monoisotopic (exact) mass is 462 g/mol. The van der Waals surface area contributed by atoms with Crippen LogP contribution in [0.15, 0.2) is 0 Å². The van der Waals surface area contributed by atoms with Gasteiger partial charge in [0.25, 0.3) is 0 Å². The summed E-state index contributed by atoms with van der Waals surface area (Å²) in [5.74, 6) is 0. The molecule has 0 fully saturated rings. The third-order valence-electron chi connectivity index (χ3n) is 3.76. The number of phosphoric acid groups is 1. The quantitative estimate of drug-likeness (QED) is 0.183. The van der Waals surface area contributed by atoms with Gasteiger partial charge in [-0.15, -0.1) is 0 Å². The van der Waals surface area contributed by atoms with Crippen LogP contribution in [0.25, 0.3) is 0 Å². The van der Waals surface area contributed by atoms with Crippen molar-refractivity contribution in [1.82, 2.24) is 0 Å². The van der Waals surface area contributed by atoms with E-state index >= 15 is 0 Å². The van der Waals surface area contributed by atoms with Crippen molar-refractivity contribution in [3.8, 4) is 0 Å². The molecular weight excluding hydrogens is 424 g/mol. The molecule has 0 atom stereocenters. The summed E-state index contributed by atoms with van der Waals surface area (Å²) in [5.41, 5.74) is 0. The van der Waals surface area contributed by atoms with Crippen molar-refractivity contribution in [2.45, 2.75) is 96.8 Å². The molecule has 132 valence electrons. The van der Waals surface area contributed by atoms with Gasteiger partial charge in [-0.3, -0.25) is 4.52 Å². The van der Waals surface area contributed by atoms with Gasteiger partial charge in [0, 0.05) is 0 Å². The van der Waals surface area contributed by atoms with Crippen LogP contribution in [0.4, 0.5) is 0 Å². The molecule has 22 heavy (non-hydrogen) atoms. The van der Waals surface area contributed by atoms with E-state index < -0.39 is 7.82 Å². The number of rotatable bonds is 16. The molecule has 0 unspecified atom stereocenters. The van der Waals surface area contributed by atoms with Crippen LogP contribution in [0.2, 0.25) is 0 Å². The van der Waals surface area contributed by atoms with Crippen molar-refractivity contribution in [3.63, 3.8) is 0 Å². The average Bonchev–Trinajstić information content (AvgIpc) is 2.42. The second-order valence-corrected chi connectivity index (χ2v) is 7.16. The molecule has 0 saturated heterocycles. The molecule has 0 bridgehead atoms. The van der Waals surface area contributed by atoms with Gasteiger partial charge in [-0.1, -0.05) is 90.4 Å². The van der Waals surface area contributed by atoms with Gasteiger partial charge in [0.2, 0.25) is 0 Å². The second kappa shape index (κ2) is 19.0. The number of hydrogen-bond donors (Lipinski definition) is 2. The molecule has 2 N–H and O–H groups in total. The summed E-state index contributed by atoms with van der Waals surface area (Å²) in [6, 6.07) is 0. The summed E-state index contributed by atoms with van der Waals surface area (Å²) in [4.78, 5) is 17.0. The Morgan fingerprint density at radius 1 is 0.727 bits per heavy atom. The Bertz CT molecular complexity index is 268. The molecule has 0 aliphatic heterocycles. The fraction of sp³-hybridized carbons (Fsp3) is 1.00. The van der Waals surface area contributed by atoms with Crippen molar-refractivity contribution in [1.29, 1.82) is 0 Å². The summed E-state index contributed by atoms with van der Waals surface area (Å²) >= 11 is 0. The largest absolute Gasteiger partial charge is 2.00 e. The first-order chi connectivity index (χ1) is 10.1. The van der Waals surface area contributed by atoms with Crippen LogP contribution in [0.3, 0.4) is 0 Å². The van der Waals surface area contributed by atoms with Crippen LogP contribution in [-0.4, -0.2) is 65.3 Å². The van der Waals surface area contributed by atoms with Crippen LogP contribution < -0.4 is 0 Å². The van der Waals surface area contributed by atoms with E-state index in [-0.39, 0.29) is 58.3 Å².